The smallest absolute Gasteiger partial charge is 0.326 e. The Kier molecular flexibility index (Phi) is 8.64. The van der Waals surface area contributed by atoms with E-state index in [1.54, 1.807) is 18.7 Å². The number of hydrogen-bond donors (Lipinski definition) is 3. The minimum atomic E-state index is -1.12. The Morgan fingerprint density at radius 2 is 1.72 bits per heavy atom. The summed E-state index contributed by atoms with van der Waals surface area (Å²) in [7, 11) is 0. The molecule has 2 unspecified atom stereocenters. The Bertz CT molecular complexity index is 684. The number of aliphatic hydroxyl groups is 1. The Morgan fingerprint density at radius 1 is 1.10 bits per heavy atom. The number of carboxylic acid groups (broad SMARTS) is 1. The van der Waals surface area contributed by atoms with Crippen LogP contribution in [0.2, 0.25) is 0 Å². The monoisotopic (exact) mass is 404 g/mol. The van der Waals surface area contributed by atoms with Crippen molar-refractivity contribution in [2.75, 3.05) is 13.1 Å². The molecule has 0 aliphatic carbocycles. The molecule has 1 heterocycles. The van der Waals surface area contributed by atoms with E-state index in [-0.39, 0.29) is 24.7 Å². The molecule has 0 radical (unpaired) electrons. The summed E-state index contributed by atoms with van der Waals surface area (Å²) in [4.78, 5) is 37.3. The van der Waals surface area contributed by atoms with Crippen molar-refractivity contribution in [2.24, 2.45) is 11.8 Å². The fourth-order valence-corrected chi connectivity index (χ4v) is 3.70. The van der Waals surface area contributed by atoms with Crippen molar-refractivity contribution in [1.29, 1.82) is 0 Å². The largest absolute Gasteiger partial charge is 0.480 e. The van der Waals surface area contributed by atoms with Crippen LogP contribution in [-0.2, 0) is 20.8 Å². The number of nitrogens with zero attached hydrogens (tertiary/aromatic N) is 1. The molecule has 3 N–H and O–H groups in total. The number of carbonyl (C=O) groups excluding carboxylic acids is 2. The van der Waals surface area contributed by atoms with E-state index in [1.807, 2.05) is 18.2 Å². The van der Waals surface area contributed by atoms with Crippen LogP contribution in [-0.4, -0.2) is 58.1 Å². The Balaban J connectivity index is 1.73. The number of rotatable bonds is 9. The molecule has 160 valence electrons. The van der Waals surface area contributed by atoms with Crippen LogP contribution in [0.3, 0.4) is 0 Å². The third kappa shape index (κ3) is 7.49. The number of aliphatic carboxylic acids is 1. The van der Waals surface area contributed by atoms with Gasteiger partial charge in [-0.2, -0.15) is 0 Å². The highest BCUT2D eigenvalue weighted by Crippen LogP contribution is 2.22. The van der Waals surface area contributed by atoms with Gasteiger partial charge < -0.3 is 20.4 Å². The van der Waals surface area contributed by atoms with Gasteiger partial charge in [-0.15, -0.1) is 0 Å². The highest BCUT2D eigenvalue weighted by molar-refractivity contribution is 5.84. The predicted octanol–water partition coefficient (Wildman–Crippen LogP) is 1.83. The van der Waals surface area contributed by atoms with Crippen molar-refractivity contribution in [3.8, 4) is 0 Å². The zero-order valence-corrected chi connectivity index (χ0v) is 17.2. The standard InChI is InChI=1S/C22H32N2O5/c1-15(2)21(22(28)29)23-19(26)13-18(25)14-20(27)24-10-8-17(9-11-24)12-16-6-4-3-5-7-16/h3-7,15,17-18,21,25H,8-14H2,1-2H3,(H,23,26)(H,28,29). The van der Waals surface area contributed by atoms with E-state index < -0.39 is 24.0 Å². The van der Waals surface area contributed by atoms with Crippen LogP contribution in [0.5, 0.6) is 0 Å². The minimum Gasteiger partial charge on any atom is -0.480 e. The molecule has 1 fully saturated rings. The average Bonchev–Trinajstić information content (AvgIpc) is 2.66. The van der Waals surface area contributed by atoms with Crippen LogP contribution in [0.15, 0.2) is 30.3 Å². The molecule has 2 atom stereocenters. The van der Waals surface area contributed by atoms with Crippen LogP contribution in [0.1, 0.15) is 45.1 Å². The lowest BCUT2D eigenvalue weighted by Crippen LogP contribution is -2.45. The lowest BCUT2D eigenvalue weighted by atomic mass is 9.90. The topological polar surface area (TPSA) is 107 Å². The summed E-state index contributed by atoms with van der Waals surface area (Å²) in [5.74, 6) is -1.57. The summed E-state index contributed by atoms with van der Waals surface area (Å²) >= 11 is 0. The van der Waals surface area contributed by atoms with Crippen LogP contribution in [0, 0.1) is 11.8 Å². The Hall–Kier alpha value is -2.41. The van der Waals surface area contributed by atoms with Gasteiger partial charge >= 0.3 is 5.97 Å². The van der Waals surface area contributed by atoms with E-state index in [0.29, 0.717) is 19.0 Å². The van der Waals surface area contributed by atoms with Crippen LogP contribution in [0.25, 0.3) is 0 Å². The molecule has 1 aromatic rings. The molecule has 0 aromatic heterocycles. The number of likely N-dealkylation sites (tertiary alicyclic amines) is 1. The average molecular weight is 405 g/mol. The van der Waals surface area contributed by atoms with Crippen LogP contribution < -0.4 is 5.32 Å². The molecule has 1 saturated heterocycles. The molecule has 2 amide bonds. The molecule has 1 aliphatic heterocycles. The summed E-state index contributed by atoms with van der Waals surface area (Å²) in [6.45, 7) is 4.70. The third-order valence-electron chi connectivity index (χ3n) is 5.41. The van der Waals surface area contributed by atoms with Gasteiger partial charge in [0.1, 0.15) is 6.04 Å². The maximum atomic E-state index is 12.4. The molecule has 29 heavy (non-hydrogen) atoms. The van der Waals surface area contributed by atoms with Gasteiger partial charge in [-0.25, -0.2) is 4.79 Å². The fraction of sp³-hybridized carbons (Fsp3) is 0.591. The van der Waals surface area contributed by atoms with Gasteiger partial charge in [0.15, 0.2) is 0 Å². The van der Waals surface area contributed by atoms with E-state index >= 15 is 0 Å². The van der Waals surface area contributed by atoms with Crippen molar-refractivity contribution < 1.29 is 24.6 Å². The normalized spacial score (nSPS) is 17.0. The third-order valence-corrected chi connectivity index (χ3v) is 5.41. The van der Waals surface area contributed by atoms with Crippen molar-refractivity contribution in [1.82, 2.24) is 10.2 Å². The number of piperidine rings is 1. The summed E-state index contributed by atoms with van der Waals surface area (Å²) in [5.41, 5.74) is 1.31. The molecule has 2 rings (SSSR count). The van der Waals surface area contributed by atoms with E-state index in [1.165, 1.54) is 5.56 Å². The molecule has 1 aromatic carbocycles. The molecule has 0 bridgehead atoms. The number of aliphatic hydroxyl groups excluding tert-OH is 1. The second-order valence-electron chi connectivity index (χ2n) is 8.20. The van der Waals surface area contributed by atoms with E-state index in [9.17, 15) is 19.5 Å². The van der Waals surface area contributed by atoms with Gasteiger partial charge in [-0.1, -0.05) is 44.2 Å². The van der Waals surface area contributed by atoms with E-state index in [4.69, 9.17) is 5.11 Å². The highest BCUT2D eigenvalue weighted by atomic mass is 16.4. The van der Waals surface area contributed by atoms with Gasteiger partial charge in [-0.3, -0.25) is 9.59 Å². The van der Waals surface area contributed by atoms with Crippen molar-refractivity contribution in [3.05, 3.63) is 35.9 Å². The van der Waals surface area contributed by atoms with Crippen LogP contribution >= 0.6 is 0 Å². The van der Waals surface area contributed by atoms with Crippen molar-refractivity contribution in [3.63, 3.8) is 0 Å². The van der Waals surface area contributed by atoms with Crippen molar-refractivity contribution >= 4 is 17.8 Å². The number of carboxylic acids is 1. The first-order valence-electron chi connectivity index (χ1n) is 10.3. The van der Waals surface area contributed by atoms with Gasteiger partial charge in [0, 0.05) is 13.1 Å². The lowest BCUT2D eigenvalue weighted by Gasteiger charge is -2.32. The Morgan fingerprint density at radius 3 is 2.28 bits per heavy atom. The van der Waals surface area contributed by atoms with E-state index in [0.717, 1.165) is 19.3 Å². The zero-order valence-electron chi connectivity index (χ0n) is 17.2. The van der Waals surface area contributed by atoms with Gasteiger partial charge in [0.05, 0.1) is 18.9 Å². The predicted molar refractivity (Wildman–Crippen MR) is 109 cm³/mol. The first-order valence-corrected chi connectivity index (χ1v) is 10.3. The summed E-state index contributed by atoms with van der Waals surface area (Å²) in [6, 6.07) is 9.30. The zero-order chi connectivity index (χ0) is 21.4. The SMILES string of the molecule is CC(C)C(NC(=O)CC(O)CC(=O)N1CCC(Cc2ccccc2)CC1)C(=O)O. The molecule has 7 heteroatoms. The fourth-order valence-electron chi connectivity index (χ4n) is 3.70. The quantitative estimate of drug-likeness (QED) is 0.582. The first-order chi connectivity index (χ1) is 13.8. The number of hydrogen-bond acceptors (Lipinski definition) is 4. The maximum absolute atomic E-state index is 12.4. The number of amides is 2. The van der Waals surface area contributed by atoms with Crippen LogP contribution in [0.4, 0.5) is 0 Å². The summed E-state index contributed by atoms with van der Waals surface area (Å²) < 4.78 is 0. The molecular weight excluding hydrogens is 372 g/mol. The molecule has 7 nitrogen and oxygen atoms in total. The molecule has 1 aliphatic rings. The number of benzene rings is 1. The second kappa shape index (κ2) is 11.0. The van der Waals surface area contributed by atoms with Gasteiger partial charge in [-0.05, 0) is 36.7 Å². The summed E-state index contributed by atoms with van der Waals surface area (Å²) in [5, 5.41) is 21.6. The first kappa shape index (κ1) is 22.9. The summed E-state index contributed by atoms with van der Waals surface area (Å²) in [6.07, 6.45) is 1.32. The lowest BCUT2D eigenvalue weighted by molar-refractivity contribution is -0.144. The second-order valence-corrected chi connectivity index (χ2v) is 8.20. The molecule has 0 spiro atoms. The molecule has 0 saturated carbocycles. The van der Waals surface area contributed by atoms with Crippen molar-refractivity contribution in [2.45, 2.75) is 58.1 Å². The van der Waals surface area contributed by atoms with E-state index in [2.05, 4.69) is 17.4 Å². The number of nitrogens with one attached hydrogen (secondary N) is 1. The van der Waals surface area contributed by atoms with Gasteiger partial charge in [0.25, 0.3) is 0 Å². The minimum absolute atomic E-state index is 0.129. The number of carbonyl (C=O) groups is 3. The maximum Gasteiger partial charge on any atom is 0.326 e. The molecular formula is C22H32N2O5. The Labute approximate surface area is 172 Å². The highest BCUT2D eigenvalue weighted by Gasteiger charge is 2.27. The van der Waals surface area contributed by atoms with Gasteiger partial charge in [0.2, 0.25) is 11.8 Å².